The lowest BCUT2D eigenvalue weighted by atomic mass is 9.99. The van der Waals surface area contributed by atoms with E-state index < -0.39 is 74.6 Å². The molecule has 0 bridgehead atoms. The van der Waals surface area contributed by atoms with E-state index in [-0.39, 0.29) is 0 Å². The molecule has 0 unspecified atom stereocenters. The summed E-state index contributed by atoms with van der Waals surface area (Å²) in [6, 6.07) is 0. The molecular formula is C12H20O10. The van der Waals surface area contributed by atoms with Crippen molar-refractivity contribution in [3.63, 3.8) is 0 Å². The summed E-state index contributed by atoms with van der Waals surface area (Å²) in [6.45, 7) is -2.12. The predicted molar refractivity (Wildman–Crippen MR) is 65.3 cm³/mol. The normalized spacial score (nSPS) is 54.8. The molecule has 0 saturated carbocycles. The largest absolute Gasteiger partial charge is 0.394 e. The molecule has 0 aromatic heterocycles. The van der Waals surface area contributed by atoms with E-state index in [0.29, 0.717) is 0 Å². The molecule has 8 atom stereocenters. The summed E-state index contributed by atoms with van der Waals surface area (Å²) in [5.74, 6) is -3.49. The van der Waals surface area contributed by atoms with E-state index in [9.17, 15) is 25.5 Å². The summed E-state index contributed by atoms with van der Waals surface area (Å²) in [7, 11) is 0. The van der Waals surface area contributed by atoms with Crippen molar-refractivity contribution < 1.29 is 49.6 Å². The summed E-state index contributed by atoms with van der Waals surface area (Å²) < 4.78 is 21.7. The minimum absolute atomic E-state index is 0.399. The molecule has 3 fully saturated rings. The lowest BCUT2D eigenvalue weighted by molar-refractivity contribution is -0.411. The van der Waals surface area contributed by atoms with E-state index in [2.05, 4.69) is 0 Å². The average molecular weight is 324 g/mol. The first kappa shape index (κ1) is 16.5. The van der Waals surface area contributed by atoms with Crippen LogP contribution in [0, 0.1) is 0 Å². The Morgan fingerprint density at radius 1 is 0.864 bits per heavy atom. The number of fused-ring (bicyclic) bond motifs is 1. The zero-order valence-electron chi connectivity index (χ0n) is 11.6. The van der Waals surface area contributed by atoms with Crippen molar-refractivity contribution in [1.29, 1.82) is 0 Å². The molecule has 6 N–H and O–H groups in total. The number of rotatable bonds is 3. The Morgan fingerprint density at radius 2 is 1.50 bits per heavy atom. The van der Waals surface area contributed by atoms with Crippen molar-refractivity contribution in [2.45, 2.75) is 48.2 Å². The van der Waals surface area contributed by atoms with Crippen LogP contribution in [-0.4, -0.2) is 105 Å². The van der Waals surface area contributed by atoms with E-state index in [1.807, 2.05) is 0 Å². The third kappa shape index (κ3) is 2.12. The summed E-state index contributed by atoms with van der Waals surface area (Å²) in [4.78, 5) is 0. The molecule has 3 rings (SSSR count). The van der Waals surface area contributed by atoms with Crippen molar-refractivity contribution in [3.8, 4) is 0 Å². The fraction of sp³-hybridized carbons (Fsp3) is 1.00. The Morgan fingerprint density at radius 3 is 2.05 bits per heavy atom. The second-order valence-corrected chi connectivity index (χ2v) is 5.71. The third-order valence-electron chi connectivity index (χ3n) is 4.41. The molecule has 128 valence electrons. The Bertz CT molecular complexity index is 421. The van der Waals surface area contributed by atoms with Gasteiger partial charge in [-0.2, -0.15) is 0 Å². The highest BCUT2D eigenvalue weighted by atomic mass is 16.8. The van der Waals surface area contributed by atoms with Gasteiger partial charge in [0.2, 0.25) is 11.6 Å². The van der Waals surface area contributed by atoms with Crippen LogP contribution < -0.4 is 0 Å². The zero-order valence-corrected chi connectivity index (χ0v) is 11.6. The predicted octanol–water partition coefficient (Wildman–Crippen LogP) is -4.35. The highest BCUT2D eigenvalue weighted by Crippen LogP contribution is 2.45. The van der Waals surface area contributed by atoms with Crippen LogP contribution in [0.25, 0.3) is 0 Å². The zero-order chi connectivity index (χ0) is 16.1. The van der Waals surface area contributed by atoms with E-state index in [1.54, 1.807) is 0 Å². The minimum atomic E-state index is -1.80. The van der Waals surface area contributed by atoms with Crippen LogP contribution in [0.3, 0.4) is 0 Å². The van der Waals surface area contributed by atoms with Crippen LogP contribution in [-0.2, 0) is 18.9 Å². The Labute approximate surface area is 125 Å². The first-order valence-electron chi connectivity index (χ1n) is 6.97. The average Bonchev–Trinajstić information content (AvgIpc) is 2.95. The molecule has 10 nitrogen and oxygen atoms in total. The monoisotopic (exact) mass is 324 g/mol. The molecule has 0 amide bonds. The van der Waals surface area contributed by atoms with Crippen LogP contribution in [0.5, 0.6) is 0 Å². The molecular weight excluding hydrogens is 304 g/mol. The Hall–Kier alpha value is -0.400. The quantitative estimate of drug-likeness (QED) is 0.299. The molecule has 3 aliphatic heterocycles. The summed E-state index contributed by atoms with van der Waals surface area (Å²) in [5, 5.41) is 58.0. The van der Waals surface area contributed by atoms with Gasteiger partial charge in [0.05, 0.1) is 13.2 Å². The molecule has 3 heterocycles. The lowest BCUT2D eigenvalue weighted by Gasteiger charge is -2.46. The van der Waals surface area contributed by atoms with Gasteiger partial charge in [-0.15, -0.1) is 0 Å². The highest BCUT2D eigenvalue weighted by molar-refractivity contribution is 5.06. The topological polar surface area (TPSA) is 158 Å². The van der Waals surface area contributed by atoms with Crippen molar-refractivity contribution in [1.82, 2.24) is 0 Å². The maximum Gasteiger partial charge on any atom is 0.222 e. The molecule has 10 heteroatoms. The molecule has 3 saturated heterocycles. The van der Waals surface area contributed by atoms with Crippen LogP contribution in [0.1, 0.15) is 0 Å². The summed E-state index contributed by atoms with van der Waals surface area (Å²) in [5.41, 5.74) is 0. The van der Waals surface area contributed by atoms with Crippen LogP contribution >= 0.6 is 0 Å². The minimum Gasteiger partial charge on any atom is -0.394 e. The van der Waals surface area contributed by atoms with E-state index in [4.69, 9.17) is 24.1 Å². The van der Waals surface area contributed by atoms with Crippen molar-refractivity contribution >= 4 is 0 Å². The first-order chi connectivity index (χ1) is 10.4. The van der Waals surface area contributed by atoms with Gasteiger partial charge >= 0.3 is 0 Å². The Kier molecular flexibility index (Phi) is 4.19. The van der Waals surface area contributed by atoms with Gasteiger partial charge < -0.3 is 49.6 Å². The summed E-state index contributed by atoms with van der Waals surface area (Å²) in [6.07, 6.45) is -7.62. The van der Waals surface area contributed by atoms with Gasteiger partial charge in [-0.05, 0) is 0 Å². The third-order valence-corrected chi connectivity index (χ3v) is 4.41. The second-order valence-electron chi connectivity index (χ2n) is 5.71. The van der Waals surface area contributed by atoms with Crippen molar-refractivity contribution in [2.24, 2.45) is 0 Å². The van der Waals surface area contributed by atoms with Gasteiger partial charge in [0.15, 0.2) is 0 Å². The summed E-state index contributed by atoms with van der Waals surface area (Å²) >= 11 is 0. The SMILES string of the molecule is OC[C@H]1O[C@]2(CO[C@]3(CO)O[C@H](CO)[C@@H](O)[C@@H]3O2)[C@@H](O)[C@@H]1O. The number of hydrogen-bond acceptors (Lipinski definition) is 10. The number of aliphatic hydroxyl groups is 6. The van der Waals surface area contributed by atoms with Gasteiger partial charge in [-0.1, -0.05) is 0 Å². The molecule has 0 aliphatic carbocycles. The lowest BCUT2D eigenvalue weighted by Crippen LogP contribution is -2.65. The van der Waals surface area contributed by atoms with Crippen LogP contribution in [0.4, 0.5) is 0 Å². The van der Waals surface area contributed by atoms with Crippen molar-refractivity contribution in [2.75, 3.05) is 26.4 Å². The molecule has 0 radical (unpaired) electrons. The smallest absolute Gasteiger partial charge is 0.222 e. The van der Waals surface area contributed by atoms with Gasteiger partial charge in [0.1, 0.15) is 49.8 Å². The fourth-order valence-corrected chi connectivity index (χ4v) is 3.13. The first-order valence-corrected chi connectivity index (χ1v) is 6.97. The number of ether oxygens (including phenoxy) is 4. The number of aliphatic hydroxyl groups excluding tert-OH is 6. The van der Waals surface area contributed by atoms with Gasteiger partial charge in [0, 0.05) is 0 Å². The van der Waals surface area contributed by atoms with Gasteiger partial charge in [-0.25, -0.2) is 0 Å². The van der Waals surface area contributed by atoms with Gasteiger partial charge in [0.25, 0.3) is 0 Å². The van der Waals surface area contributed by atoms with Crippen LogP contribution in [0.15, 0.2) is 0 Å². The molecule has 3 aliphatic rings. The fourth-order valence-electron chi connectivity index (χ4n) is 3.13. The number of hydrogen-bond donors (Lipinski definition) is 6. The van der Waals surface area contributed by atoms with E-state index >= 15 is 0 Å². The molecule has 0 aromatic rings. The maximum atomic E-state index is 10.1. The van der Waals surface area contributed by atoms with Crippen LogP contribution in [0.2, 0.25) is 0 Å². The Balaban J connectivity index is 1.86. The second kappa shape index (κ2) is 5.60. The van der Waals surface area contributed by atoms with E-state index in [1.165, 1.54) is 0 Å². The van der Waals surface area contributed by atoms with Gasteiger partial charge in [-0.3, -0.25) is 0 Å². The highest BCUT2D eigenvalue weighted by Gasteiger charge is 2.67. The standard InChI is InChI=1S/C12H20O10/c13-1-5-7(16)9(18)12(21-5)4-19-11(3-15)10(22-12)8(17)6(2-14)20-11/h5-10,13-18H,1-4H2/t5-,6-,7-,8-,9+,10+,11-,12+/m1/s1. The van der Waals surface area contributed by atoms with E-state index in [0.717, 1.165) is 0 Å². The molecule has 1 spiro atoms. The molecule has 22 heavy (non-hydrogen) atoms. The molecule has 0 aromatic carbocycles. The maximum absolute atomic E-state index is 10.1. The van der Waals surface area contributed by atoms with Crippen molar-refractivity contribution in [3.05, 3.63) is 0 Å².